The van der Waals surface area contributed by atoms with E-state index >= 15 is 0 Å². The van der Waals surface area contributed by atoms with Crippen molar-refractivity contribution >= 4 is 17.6 Å². The lowest BCUT2D eigenvalue weighted by Crippen LogP contribution is -2.26. The van der Waals surface area contributed by atoms with Crippen LogP contribution in [0.5, 0.6) is 5.75 Å². The molecular formula is C17H16N2O6. The number of carbonyl (C=O) groups excluding carboxylic acids is 1. The third-order valence-corrected chi connectivity index (χ3v) is 3.59. The second kappa shape index (κ2) is 7.43. The van der Waals surface area contributed by atoms with Crippen LogP contribution in [0.3, 0.4) is 0 Å². The molecule has 1 amide bonds. The Bertz CT molecular complexity index is 816. The third kappa shape index (κ3) is 4.11. The first kappa shape index (κ1) is 17.9. The van der Waals surface area contributed by atoms with E-state index in [1.54, 1.807) is 19.2 Å². The van der Waals surface area contributed by atoms with Gasteiger partial charge in [0, 0.05) is 31.3 Å². The predicted molar refractivity (Wildman–Crippen MR) is 88.8 cm³/mol. The lowest BCUT2D eigenvalue weighted by molar-refractivity contribution is -0.385. The fraction of sp³-hybridized carbons (Fsp3) is 0.176. The molecule has 1 N–H and O–H groups in total. The summed E-state index contributed by atoms with van der Waals surface area (Å²) < 4.78 is 4.96. The summed E-state index contributed by atoms with van der Waals surface area (Å²) in [6.45, 7) is 0.262. The second-order valence-electron chi connectivity index (χ2n) is 5.31. The molecule has 0 radical (unpaired) electrons. The summed E-state index contributed by atoms with van der Waals surface area (Å²) in [5.74, 6) is -1.35. The average Bonchev–Trinajstić information content (AvgIpc) is 2.60. The van der Waals surface area contributed by atoms with Gasteiger partial charge < -0.3 is 14.7 Å². The third-order valence-electron chi connectivity index (χ3n) is 3.59. The van der Waals surface area contributed by atoms with Crippen LogP contribution >= 0.6 is 0 Å². The van der Waals surface area contributed by atoms with Crippen molar-refractivity contribution in [3.63, 3.8) is 0 Å². The Morgan fingerprint density at radius 2 is 1.76 bits per heavy atom. The van der Waals surface area contributed by atoms with Crippen LogP contribution in [-0.4, -0.2) is 41.0 Å². The Balaban J connectivity index is 2.16. The number of aromatic carboxylic acids is 1. The van der Waals surface area contributed by atoms with Gasteiger partial charge in [0.1, 0.15) is 0 Å². The quantitative estimate of drug-likeness (QED) is 0.637. The summed E-state index contributed by atoms with van der Waals surface area (Å²) in [7, 11) is 2.88. The normalized spacial score (nSPS) is 10.2. The van der Waals surface area contributed by atoms with Crippen LogP contribution < -0.4 is 4.74 Å². The number of carboxylic acids is 1. The van der Waals surface area contributed by atoms with Crippen molar-refractivity contribution in [3.8, 4) is 5.75 Å². The minimum Gasteiger partial charge on any atom is -0.490 e. The van der Waals surface area contributed by atoms with Gasteiger partial charge in [0.05, 0.1) is 17.6 Å². The first-order valence-corrected chi connectivity index (χ1v) is 7.23. The van der Waals surface area contributed by atoms with E-state index in [1.807, 2.05) is 0 Å². The summed E-state index contributed by atoms with van der Waals surface area (Å²) in [6, 6.07) is 10.1. The molecule has 0 saturated heterocycles. The van der Waals surface area contributed by atoms with Gasteiger partial charge in [-0.15, -0.1) is 0 Å². The van der Waals surface area contributed by atoms with Crippen LogP contribution in [0.2, 0.25) is 0 Å². The monoisotopic (exact) mass is 344 g/mol. The molecule has 2 aromatic rings. The molecule has 130 valence electrons. The molecule has 0 atom stereocenters. The Kier molecular flexibility index (Phi) is 5.33. The maximum atomic E-state index is 12.5. The summed E-state index contributed by atoms with van der Waals surface area (Å²) >= 11 is 0. The fourth-order valence-corrected chi connectivity index (χ4v) is 2.28. The number of rotatable bonds is 6. The van der Waals surface area contributed by atoms with Gasteiger partial charge in [0.2, 0.25) is 0 Å². The lowest BCUT2D eigenvalue weighted by Gasteiger charge is -2.18. The molecule has 8 nitrogen and oxygen atoms in total. The van der Waals surface area contributed by atoms with Gasteiger partial charge in [0.15, 0.2) is 5.75 Å². The SMILES string of the molecule is COc1cc(C(=O)N(C)Cc2ccc(C(=O)O)cc2)ccc1[N+](=O)[O-]. The maximum absolute atomic E-state index is 12.5. The van der Waals surface area contributed by atoms with Crippen molar-refractivity contribution in [2.45, 2.75) is 6.54 Å². The number of carboxylic acid groups (broad SMARTS) is 1. The Hall–Kier alpha value is -3.42. The van der Waals surface area contributed by atoms with Crippen molar-refractivity contribution in [1.29, 1.82) is 0 Å². The largest absolute Gasteiger partial charge is 0.490 e. The number of hydrogen-bond donors (Lipinski definition) is 1. The van der Waals surface area contributed by atoms with Gasteiger partial charge in [-0.3, -0.25) is 14.9 Å². The van der Waals surface area contributed by atoms with Gasteiger partial charge in [-0.25, -0.2) is 4.79 Å². The summed E-state index contributed by atoms with van der Waals surface area (Å²) in [5, 5.41) is 19.8. The number of nitrogens with zero attached hydrogens (tertiary/aromatic N) is 2. The summed E-state index contributed by atoms with van der Waals surface area (Å²) in [6.07, 6.45) is 0. The van der Waals surface area contributed by atoms with E-state index in [0.717, 1.165) is 5.56 Å². The molecule has 0 aliphatic heterocycles. The molecule has 25 heavy (non-hydrogen) atoms. The van der Waals surface area contributed by atoms with E-state index < -0.39 is 10.9 Å². The molecule has 0 heterocycles. The number of carbonyl (C=O) groups is 2. The molecule has 0 unspecified atom stereocenters. The van der Waals surface area contributed by atoms with Crippen molar-refractivity contribution in [1.82, 2.24) is 4.90 Å². The first-order valence-electron chi connectivity index (χ1n) is 7.23. The molecule has 0 bridgehead atoms. The van der Waals surface area contributed by atoms with E-state index in [-0.39, 0.29) is 35.0 Å². The highest BCUT2D eigenvalue weighted by atomic mass is 16.6. The zero-order chi connectivity index (χ0) is 18.6. The van der Waals surface area contributed by atoms with Gasteiger partial charge in [-0.2, -0.15) is 0 Å². The molecule has 0 aromatic heterocycles. The zero-order valence-corrected chi connectivity index (χ0v) is 13.6. The van der Waals surface area contributed by atoms with Crippen molar-refractivity contribution in [2.24, 2.45) is 0 Å². The van der Waals surface area contributed by atoms with E-state index in [9.17, 15) is 19.7 Å². The van der Waals surface area contributed by atoms with E-state index in [2.05, 4.69) is 0 Å². The zero-order valence-electron chi connectivity index (χ0n) is 13.6. The lowest BCUT2D eigenvalue weighted by atomic mass is 10.1. The molecule has 0 spiro atoms. The van der Waals surface area contributed by atoms with Crippen molar-refractivity contribution < 1.29 is 24.4 Å². The summed E-state index contributed by atoms with van der Waals surface area (Å²) in [5.41, 5.74) is 0.964. The molecule has 2 rings (SSSR count). The van der Waals surface area contributed by atoms with Gasteiger partial charge in [-0.05, 0) is 23.8 Å². The summed E-state index contributed by atoms with van der Waals surface area (Å²) in [4.78, 5) is 35.1. The number of ether oxygens (including phenoxy) is 1. The predicted octanol–water partition coefficient (Wildman–Crippen LogP) is 2.57. The molecule has 2 aromatic carbocycles. The fourth-order valence-electron chi connectivity index (χ4n) is 2.28. The topological polar surface area (TPSA) is 110 Å². The van der Waals surface area contributed by atoms with E-state index in [0.29, 0.717) is 0 Å². The van der Waals surface area contributed by atoms with Gasteiger partial charge in [0.25, 0.3) is 5.91 Å². The highest BCUT2D eigenvalue weighted by Crippen LogP contribution is 2.28. The Labute approximate surface area is 143 Å². The minimum atomic E-state index is -1.02. The first-order chi connectivity index (χ1) is 11.8. The molecule has 0 saturated carbocycles. The van der Waals surface area contributed by atoms with E-state index in [4.69, 9.17) is 9.84 Å². The standard InChI is InChI=1S/C17H16N2O6/c1-18(10-11-3-5-12(6-4-11)17(21)22)16(20)13-7-8-14(19(23)24)15(9-13)25-2/h3-9H,10H2,1-2H3,(H,21,22). The molecule has 0 aliphatic rings. The Morgan fingerprint density at radius 1 is 1.16 bits per heavy atom. The van der Waals surface area contributed by atoms with Gasteiger partial charge in [-0.1, -0.05) is 12.1 Å². The number of amides is 1. The van der Waals surface area contributed by atoms with Crippen LogP contribution in [0.15, 0.2) is 42.5 Å². The van der Waals surface area contributed by atoms with Crippen molar-refractivity contribution in [3.05, 3.63) is 69.3 Å². The minimum absolute atomic E-state index is 0.00932. The van der Waals surface area contributed by atoms with Crippen molar-refractivity contribution in [2.75, 3.05) is 14.2 Å². The maximum Gasteiger partial charge on any atom is 0.335 e. The number of nitro benzene ring substituents is 1. The van der Waals surface area contributed by atoms with Crippen LogP contribution in [0.1, 0.15) is 26.3 Å². The molecular weight excluding hydrogens is 328 g/mol. The smallest absolute Gasteiger partial charge is 0.335 e. The number of nitro groups is 1. The Morgan fingerprint density at radius 3 is 2.28 bits per heavy atom. The number of methoxy groups -OCH3 is 1. The molecule has 8 heteroatoms. The van der Waals surface area contributed by atoms with Gasteiger partial charge >= 0.3 is 11.7 Å². The second-order valence-corrected chi connectivity index (χ2v) is 5.31. The van der Waals surface area contributed by atoms with Crippen LogP contribution in [-0.2, 0) is 6.54 Å². The highest BCUT2D eigenvalue weighted by molar-refractivity contribution is 5.95. The number of benzene rings is 2. The van der Waals surface area contributed by atoms with Crippen LogP contribution in [0, 0.1) is 10.1 Å². The highest BCUT2D eigenvalue weighted by Gasteiger charge is 2.19. The van der Waals surface area contributed by atoms with Crippen LogP contribution in [0.25, 0.3) is 0 Å². The number of hydrogen-bond acceptors (Lipinski definition) is 5. The molecule has 0 aliphatic carbocycles. The van der Waals surface area contributed by atoms with Crippen LogP contribution in [0.4, 0.5) is 5.69 Å². The average molecular weight is 344 g/mol. The van der Waals surface area contributed by atoms with E-state index in [1.165, 1.54) is 42.3 Å². The molecule has 0 fully saturated rings.